The van der Waals surface area contributed by atoms with Gasteiger partial charge in [0.1, 0.15) is 5.75 Å². The molecule has 0 aliphatic carbocycles. The first kappa shape index (κ1) is 12.6. The van der Waals surface area contributed by atoms with Crippen molar-refractivity contribution in [3.05, 3.63) is 53.1 Å². The second kappa shape index (κ2) is 5.31. The molecule has 19 heavy (non-hydrogen) atoms. The Morgan fingerprint density at radius 1 is 1.11 bits per heavy atom. The first-order chi connectivity index (χ1) is 9.28. The van der Waals surface area contributed by atoms with E-state index in [-0.39, 0.29) is 0 Å². The van der Waals surface area contributed by atoms with Gasteiger partial charge in [0, 0.05) is 31.4 Å². The van der Waals surface area contributed by atoms with Crippen molar-refractivity contribution < 1.29 is 4.74 Å². The molecular weight excluding hydrogens is 322 g/mol. The highest BCUT2D eigenvalue weighted by Gasteiger charge is 2.08. The van der Waals surface area contributed by atoms with Crippen LogP contribution in [0.3, 0.4) is 0 Å². The third-order valence-corrected chi connectivity index (χ3v) is 5.00. The van der Waals surface area contributed by atoms with Gasteiger partial charge in [-0.1, -0.05) is 23.9 Å². The molecule has 0 spiro atoms. The molecular formula is C15H12BrNOS. The number of hydrogen-bond acceptors (Lipinski definition) is 2. The molecule has 4 heteroatoms. The van der Waals surface area contributed by atoms with E-state index >= 15 is 0 Å². The molecule has 0 atom stereocenters. The lowest BCUT2D eigenvalue weighted by Crippen LogP contribution is -1.81. The Kier molecular flexibility index (Phi) is 3.53. The van der Waals surface area contributed by atoms with E-state index in [4.69, 9.17) is 4.74 Å². The number of aromatic amines is 1. The van der Waals surface area contributed by atoms with Gasteiger partial charge in [0.15, 0.2) is 0 Å². The van der Waals surface area contributed by atoms with E-state index in [0.717, 1.165) is 15.7 Å². The summed E-state index contributed by atoms with van der Waals surface area (Å²) in [6.07, 6.45) is 2.04. The van der Waals surface area contributed by atoms with E-state index < -0.39 is 0 Å². The van der Waals surface area contributed by atoms with Crippen molar-refractivity contribution in [2.75, 3.05) is 7.11 Å². The first-order valence-corrected chi connectivity index (χ1v) is 7.46. The lowest BCUT2D eigenvalue weighted by molar-refractivity contribution is 0.415. The van der Waals surface area contributed by atoms with Gasteiger partial charge in [-0.3, -0.25) is 0 Å². The van der Waals surface area contributed by atoms with Crippen molar-refractivity contribution in [3.8, 4) is 5.75 Å². The van der Waals surface area contributed by atoms with Crippen molar-refractivity contribution >= 4 is 38.6 Å². The van der Waals surface area contributed by atoms with Gasteiger partial charge in [-0.25, -0.2) is 0 Å². The summed E-state index contributed by atoms with van der Waals surface area (Å²) in [5.74, 6) is 0.876. The summed E-state index contributed by atoms with van der Waals surface area (Å²) < 4.78 is 6.40. The highest BCUT2D eigenvalue weighted by molar-refractivity contribution is 9.10. The number of hydrogen-bond donors (Lipinski definition) is 1. The number of ether oxygens (including phenoxy) is 1. The van der Waals surface area contributed by atoms with Crippen LogP contribution in [0.25, 0.3) is 10.9 Å². The Labute approximate surface area is 124 Å². The van der Waals surface area contributed by atoms with Gasteiger partial charge < -0.3 is 9.72 Å². The fraction of sp³-hybridized carbons (Fsp3) is 0.0667. The summed E-state index contributed by atoms with van der Waals surface area (Å²) in [5, 5.41) is 1.18. The SMILES string of the molecule is COc1ccc2[nH]cc(Sc3ccccc3Br)c2c1. The largest absolute Gasteiger partial charge is 0.497 e. The zero-order valence-electron chi connectivity index (χ0n) is 10.3. The lowest BCUT2D eigenvalue weighted by atomic mass is 10.2. The maximum absolute atomic E-state index is 5.29. The van der Waals surface area contributed by atoms with Gasteiger partial charge in [-0.05, 0) is 46.3 Å². The normalized spacial score (nSPS) is 10.8. The average Bonchev–Trinajstić information content (AvgIpc) is 2.84. The molecule has 0 saturated carbocycles. The van der Waals surface area contributed by atoms with E-state index in [1.165, 1.54) is 15.2 Å². The molecule has 1 heterocycles. The van der Waals surface area contributed by atoms with Gasteiger partial charge >= 0.3 is 0 Å². The number of rotatable bonds is 3. The van der Waals surface area contributed by atoms with E-state index in [9.17, 15) is 0 Å². The average molecular weight is 334 g/mol. The molecule has 0 fully saturated rings. The Hall–Kier alpha value is -1.39. The summed E-state index contributed by atoms with van der Waals surface area (Å²) in [6, 6.07) is 14.3. The highest BCUT2D eigenvalue weighted by atomic mass is 79.9. The van der Waals surface area contributed by atoms with E-state index in [1.807, 2.05) is 30.5 Å². The number of halogens is 1. The van der Waals surface area contributed by atoms with Crippen molar-refractivity contribution in [3.63, 3.8) is 0 Å². The van der Waals surface area contributed by atoms with Crippen molar-refractivity contribution in [2.45, 2.75) is 9.79 Å². The van der Waals surface area contributed by atoms with E-state index in [1.54, 1.807) is 18.9 Å². The molecule has 3 rings (SSSR count). The minimum absolute atomic E-state index is 0.876. The van der Waals surface area contributed by atoms with Crippen LogP contribution in [0, 0.1) is 0 Å². The summed E-state index contributed by atoms with van der Waals surface area (Å²) in [6.45, 7) is 0. The van der Waals surface area contributed by atoms with Gasteiger partial charge in [0.25, 0.3) is 0 Å². The second-order valence-corrected chi connectivity index (χ2v) is 6.04. The maximum atomic E-state index is 5.29. The number of methoxy groups -OCH3 is 1. The van der Waals surface area contributed by atoms with E-state index in [0.29, 0.717) is 0 Å². The summed E-state index contributed by atoms with van der Waals surface area (Å²) in [4.78, 5) is 5.68. The molecule has 96 valence electrons. The predicted molar refractivity (Wildman–Crippen MR) is 83.1 cm³/mol. The minimum atomic E-state index is 0.876. The van der Waals surface area contributed by atoms with Gasteiger partial charge in [0.2, 0.25) is 0 Å². The molecule has 0 aliphatic rings. The quantitative estimate of drug-likeness (QED) is 0.722. The van der Waals surface area contributed by atoms with E-state index in [2.05, 4.69) is 39.1 Å². The Balaban J connectivity index is 2.03. The number of H-pyrrole nitrogens is 1. The first-order valence-electron chi connectivity index (χ1n) is 5.85. The smallest absolute Gasteiger partial charge is 0.119 e. The standard InChI is InChI=1S/C15H12BrNOS/c1-18-10-6-7-13-11(8-10)15(9-17-13)19-14-5-3-2-4-12(14)16/h2-9,17H,1H3. The number of nitrogens with one attached hydrogen (secondary N) is 1. The highest BCUT2D eigenvalue weighted by Crippen LogP contribution is 2.38. The Morgan fingerprint density at radius 2 is 1.95 bits per heavy atom. The lowest BCUT2D eigenvalue weighted by Gasteiger charge is -2.04. The van der Waals surface area contributed by atoms with Crippen LogP contribution < -0.4 is 4.74 Å². The fourth-order valence-electron chi connectivity index (χ4n) is 1.93. The Morgan fingerprint density at radius 3 is 2.74 bits per heavy atom. The zero-order chi connectivity index (χ0) is 13.2. The molecule has 0 saturated heterocycles. The minimum Gasteiger partial charge on any atom is -0.497 e. The van der Waals surface area contributed by atoms with Crippen molar-refractivity contribution in [1.29, 1.82) is 0 Å². The summed E-state index contributed by atoms with van der Waals surface area (Å²) in [7, 11) is 1.69. The van der Waals surface area contributed by atoms with Crippen LogP contribution >= 0.6 is 27.7 Å². The zero-order valence-corrected chi connectivity index (χ0v) is 12.7. The molecule has 0 radical (unpaired) electrons. The van der Waals surface area contributed by atoms with Crippen LogP contribution in [0.5, 0.6) is 5.75 Å². The maximum Gasteiger partial charge on any atom is 0.119 e. The fourth-order valence-corrected chi connectivity index (χ4v) is 3.40. The molecule has 0 aliphatic heterocycles. The van der Waals surface area contributed by atoms with Crippen molar-refractivity contribution in [2.24, 2.45) is 0 Å². The number of aromatic nitrogens is 1. The molecule has 2 aromatic carbocycles. The molecule has 2 nitrogen and oxygen atoms in total. The van der Waals surface area contributed by atoms with Crippen molar-refractivity contribution in [1.82, 2.24) is 4.98 Å². The topological polar surface area (TPSA) is 25.0 Å². The van der Waals surface area contributed by atoms with Crippen LogP contribution in [0.4, 0.5) is 0 Å². The predicted octanol–water partition coefficient (Wildman–Crippen LogP) is 5.09. The monoisotopic (exact) mass is 333 g/mol. The summed E-state index contributed by atoms with van der Waals surface area (Å²) >= 11 is 5.31. The third kappa shape index (κ3) is 2.51. The van der Waals surface area contributed by atoms with Crippen LogP contribution in [-0.2, 0) is 0 Å². The number of benzene rings is 2. The number of fused-ring (bicyclic) bond motifs is 1. The Bertz CT molecular complexity index is 723. The third-order valence-electron chi connectivity index (χ3n) is 2.91. The van der Waals surface area contributed by atoms with Gasteiger partial charge in [-0.2, -0.15) is 0 Å². The van der Waals surface area contributed by atoms with Gasteiger partial charge in [-0.15, -0.1) is 0 Å². The molecule has 3 aromatic rings. The van der Waals surface area contributed by atoms with Crippen LogP contribution in [-0.4, -0.2) is 12.1 Å². The molecule has 1 N–H and O–H groups in total. The summed E-state index contributed by atoms with van der Waals surface area (Å²) in [5.41, 5.74) is 1.12. The van der Waals surface area contributed by atoms with Crippen LogP contribution in [0.1, 0.15) is 0 Å². The molecule has 0 amide bonds. The van der Waals surface area contributed by atoms with Crippen LogP contribution in [0.2, 0.25) is 0 Å². The molecule has 0 unspecified atom stereocenters. The van der Waals surface area contributed by atoms with Crippen LogP contribution in [0.15, 0.2) is 62.9 Å². The van der Waals surface area contributed by atoms with Gasteiger partial charge in [0.05, 0.1) is 7.11 Å². The molecule has 1 aromatic heterocycles. The second-order valence-electron chi connectivity index (χ2n) is 4.10. The molecule has 0 bridgehead atoms.